The average Bonchev–Trinajstić information content (AvgIpc) is 2.44. The van der Waals surface area contributed by atoms with Crippen molar-refractivity contribution in [3.05, 3.63) is 35.4 Å². The molecule has 2 atom stereocenters. The smallest absolute Gasteiger partial charge is 0.223 e. The molecule has 4 nitrogen and oxygen atoms in total. The van der Waals surface area contributed by atoms with E-state index in [1.807, 2.05) is 0 Å². The fourth-order valence-corrected chi connectivity index (χ4v) is 3.00. The van der Waals surface area contributed by atoms with Gasteiger partial charge in [-0.1, -0.05) is 30.7 Å². The Labute approximate surface area is 127 Å². The van der Waals surface area contributed by atoms with E-state index in [4.69, 9.17) is 5.73 Å². The van der Waals surface area contributed by atoms with Crippen molar-refractivity contribution in [3.8, 4) is 0 Å². The molecular formula is C17H27N3O. The minimum absolute atomic E-state index is 0.0960. The van der Waals surface area contributed by atoms with Gasteiger partial charge >= 0.3 is 0 Å². The topological polar surface area (TPSA) is 58.4 Å². The number of carbonyl (C=O) groups excluding carboxylic acids is 1. The summed E-state index contributed by atoms with van der Waals surface area (Å²) < 4.78 is 0. The summed E-state index contributed by atoms with van der Waals surface area (Å²) >= 11 is 0. The molecule has 1 aromatic carbocycles. The van der Waals surface area contributed by atoms with Crippen molar-refractivity contribution >= 4 is 5.91 Å². The number of nitrogens with two attached hydrogens (primary N) is 1. The first kappa shape index (κ1) is 16.0. The summed E-state index contributed by atoms with van der Waals surface area (Å²) in [6.45, 7) is 1.52. The van der Waals surface area contributed by atoms with Gasteiger partial charge in [0.2, 0.25) is 5.91 Å². The lowest BCUT2D eigenvalue weighted by Crippen LogP contribution is -2.37. The highest BCUT2D eigenvalue weighted by Gasteiger charge is 2.24. The van der Waals surface area contributed by atoms with E-state index < -0.39 is 0 Å². The first-order chi connectivity index (χ1) is 10.0. The zero-order chi connectivity index (χ0) is 15.2. The average molecular weight is 289 g/mol. The van der Waals surface area contributed by atoms with Crippen LogP contribution in [-0.4, -0.2) is 30.9 Å². The normalized spacial score (nSPS) is 22.3. The van der Waals surface area contributed by atoms with Crippen LogP contribution in [0, 0.1) is 5.92 Å². The molecule has 2 rings (SSSR count). The third kappa shape index (κ3) is 5.14. The van der Waals surface area contributed by atoms with Crippen molar-refractivity contribution in [1.29, 1.82) is 0 Å². The monoisotopic (exact) mass is 289 g/mol. The van der Waals surface area contributed by atoms with E-state index in [1.165, 1.54) is 5.56 Å². The van der Waals surface area contributed by atoms with E-state index in [-0.39, 0.29) is 17.9 Å². The van der Waals surface area contributed by atoms with Gasteiger partial charge < -0.3 is 16.0 Å². The molecule has 4 heteroatoms. The summed E-state index contributed by atoms with van der Waals surface area (Å²) in [7, 11) is 4.11. The minimum Gasteiger partial charge on any atom is -0.352 e. The lowest BCUT2D eigenvalue weighted by atomic mass is 9.85. The molecule has 1 saturated carbocycles. The van der Waals surface area contributed by atoms with Crippen molar-refractivity contribution in [2.45, 2.75) is 44.8 Å². The van der Waals surface area contributed by atoms with Crippen LogP contribution >= 0.6 is 0 Å². The van der Waals surface area contributed by atoms with E-state index in [2.05, 4.69) is 48.6 Å². The van der Waals surface area contributed by atoms with Crippen molar-refractivity contribution in [1.82, 2.24) is 10.2 Å². The third-order valence-electron chi connectivity index (χ3n) is 4.04. The molecule has 0 aliphatic heterocycles. The highest BCUT2D eigenvalue weighted by molar-refractivity contribution is 5.78. The fourth-order valence-electron chi connectivity index (χ4n) is 3.00. The number of carbonyl (C=O) groups is 1. The Balaban J connectivity index is 1.86. The maximum atomic E-state index is 12.2. The lowest BCUT2D eigenvalue weighted by molar-refractivity contribution is -0.126. The number of nitrogens with zero attached hydrogens (tertiary/aromatic N) is 1. The largest absolute Gasteiger partial charge is 0.352 e. The van der Waals surface area contributed by atoms with Gasteiger partial charge in [-0.15, -0.1) is 0 Å². The molecule has 116 valence electrons. The van der Waals surface area contributed by atoms with Gasteiger partial charge in [0, 0.05) is 25.0 Å². The molecule has 1 fully saturated rings. The zero-order valence-electron chi connectivity index (χ0n) is 13.1. The molecule has 0 spiro atoms. The Kier molecular flexibility index (Phi) is 5.76. The Hall–Kier alpha value is -1.39. The van der Waals surface area contributed by atoms with Crippen molar-refractivity contribution in [2.75, 3.05) is 14.1 Å². The van der Waals surface area contributed by atoms with Crippen LogP contribution in [0.3, 0.4) is 0 Å². The van der Waals surface area contributed by atoms with Crippen molar-refractivity contribution in [2.24, 2.45) is 11.7 Å². The van der Waals surface area contributed by atoms with Gasteiger partial charge in [-0.2, -0.15) is 0 Å². The van der Waals surface area contributed by atoms with E-state index in [1.54, 1.807) is 0 Å². The predicted octanol–water partition coefficient (Wildman–Crippen LogP) is 1.88. The Morgan fingerprint density at radius 2 is 2.10 bits per heavy atom. The SMILES string of the molecule is CN(C)Cc1cccc(CNC(=O)C2CCCC(N)C2)c1. The minimum atomic E-state index is 0.0960. The van der Waals surface area contributed by atoms with Gasteiger partial charge in [0.05, 0.1) is 0 Å². The molecule has 1 aliphatic rings. The first-order valence-electron chi connectivity index (χ1n) is 7.80. The highest BCUT2D eigenvalue weighted by Crippen LogP contribution is 2.23. The summed E-state index contributed by atoms with van der Waals surface area (Å²) in [6, 6.07) is 8.58. The van der Waals surface area contributed by atoms with Crippen LogP contribution in [0.25, 0.3) is 0 Å². The van der Waals surface area contributed by atoms with Crippen LogP contribution in [0.4, 0.5) is 0 Å². The van der Waals surface area contributed by atoms with E-state index in [0.717, 1.165) is 37.8 Å². The van der Waals surface area contributed by atoms with Crippen LogP contribution in [0.1, 0.15) is 36.8 Å². The second kappa shape index (κ2) is 7.57. The van der Waals surface area contributed by atoms with Gasteiger partial charge in [-0.05, 0) is 44.5 Å². The number of rotatable bonds is 5. The summed E-state index contributed by atoms with van der Waals surface area (Å²) in [4.78, 5) is 14.3. The summed E-state index contributed by atoms with van der Waals surface area (Å²) in [6.07, 6.45) is 3.92. The molecule has 0 heterocycles. The quantitative estimate of drug-likeness (QED) is 0.870. The highest BCUT2D eigenvalue weighted by atomic mass is 16.1. The maximum Gasteiger partial charge on any atom is 0.223 e. The molecule has 3 N–H and O–H groups in total. The van der Waals surface area contributed by atoms with Crippen molar-refractivity contribution < 1.29 is 4.79 Å². The Morgan fingerprint density at radius 1 is 1.33 bits per heavy atom. The Morgan fingerprint density at radius 3 is 2.81 bits per heavy atom. The molecule has 0 radical (unpaired) electrons. The van der Waals surface area contributed by atoms with Crippen LogP contribution in [0.2, 0.25) is 0 Å². The fraction of sp³-hybridized carbons (Fsp3) is 0.588. The number of hydrogen-bond acceptors (Lipinski definition) is 3. The van der Waals surface area contributed by atoms with Crippen LogP contribution < -0.4 is 11.1 Å². The van der Waals surface area contributed by atoms with Gasteiger partial charge in [0.25, 0.3) is 0 Å². The molecular weight excluding hydrogens is 262 g/mol. The second-order valence-corrected chi connectivity index (χ2v) is 6.40. The molecule has 1 aliphatic carbocycles. The molecule has 2 unspecified atom stereocenters. The number of benzene rings is 1. The number of hydrogen-bond donors (Lipinski definition) is 2. The van der Waals surface area contributed by atoms with Gasteiger partial charge in [0.15, 0.2) is 0 Å². The molecule has 0 bridgehead atoms. The van der Waals surface area contributed by atoms with Gasteiger partial charge in [-0.3, -0.25) is 4.79 Å². The Bertz CT molecular complexity index is 473. The number of amides is 1. The van der Waals surface area contributed by atoms with E-state index >= 15 is 0 Å². The standard InChI is InChI=1S/C17H27N3O/c1-20(2)12-14-6-3-5-13(9-14)11-19-17(21)15-7-4-8-16(18)10-15/h3,5-6,9,15-16H,4,7-8,10-12,18H2,1-2H3,(H,19,21). The molecule has 1 aromatic rings. The summed E-state index contributed by atoms with van der Waals surface area (Å²) in [5.74, 6) is 0.252. The summed E-state index contributed by atoms with van der Waals surface area (Å²) in [5, 5.41) is 3.06. The van der Waals surface area contributed by atoms with E-state index in [0.29, 0.717) is 6.54 Å². The van der Waals surface area contributed by atoms with E-state index in [9.17, 15) is 4.79 Å². The molecule has 0 saturated heterocycles. The van der Waals surface area contributed by atoms with Crippen LogP contribution in [-0.2, 0) is 17.9 Å². The zero-order valence-corrected chi connectivity index (χ0v) is 13.1. The number of nitrogens with one attached hydrogen (secondary N) is 1. The van der Waals surface area contributed by atoms with Crippen LogP contribution in [0.15, 0.2) is 24.3 Å². The predicted molar refractivity (Wildman–Crippen MR) is 85.6 cm³/mol. The van der Waals surface area contributed by atoms with Crippen molar-refractivity contribution in [3.63, 3.8) is 0 Å². The first-order valence-corrected chi connectivity index (χ1v) is 7.80. The molecule has 21 heavy (non-hydrogen) atoms. The lowest BCUT2D eigenvalue weighted by Gasteiger charge is -2.25. The van der Waals surface area contributed by atoms with Gasteiger partial charge in [0.1, 0.15) is 0 Å². The second-order valence-electron chi connectivity index (χ2n) is 6.40. The third-order valence-corrected chi connectivity index (χ3v) is 4.04. The summed E-state index contributed by atoms with van der Waals surface area (Å²) in [5.41, 5.74) is 8.38. The van der Waals surface area contributed by atoms with Gasteiger partial charge in [-0.25, -0.2) is 0 Å². The van der Waals surface area contributed by atoms with Crippen LogP contribution in [0.5, 0.6) is 0 Å². The molecule has 0 aromatic heterocycles. The maximum absolute atomic E-state index is 12.2. The molecule has 1 amide bonds.